The van der Waals surface area contributed by atoms with Crippen molar-refractivity contribution in [3.05, 3.63) is 68.5 Å². The fraction of sp³-hybridized carbons (Fsp3) is 0.400. The van der Waals surface area contributed by atoms with Gasteiger partial charge in [-0.25, -0.2) is 4.98 Å². The molecule has 0 unspecified atom stereocenters. The normalized spacial score (nSPS) is 21.8. The molecule has 10 nitrogen and oxygen atoms in total. The predicted octanol–water partition coefficient (Wildman–Crippen LogP) is 3.43. The van der Waals surface area contributed by atoms with Crippen LogP contribution >= 0.6 is 24.0 Å². The summed E-state index contributed by atoms with van der Waals surface area (Å²) in [5, 5.41) is 0. The zero-order chi connectivity index (χ0) is 28.8. The van der Waals surface area contributed by atoms with Crippen LogP contribution in [-0.2, 0) is 16.1 Å². The smallest absolute Gasteiger partial charge is 0.267 e. The Hall–Kier alpha value is -3.45. The molecule has 3 saturated heterocycles. The number of rotatable bonds is 6. The van der Waals surface area contributed by atoms with Crippen molar-refractivity contribution >= 4 is 51.7 Å². The van der Waals surface area contributed by atoms with Gasteiger partial charge in [0.25, 0.3) is 11.5 Å². The highest BCUT2D eigenvalue weighted by molar-refractivity contribution is 8.26. The number of fused-ring (bicyclic) bond motifs is 2. The third-order valence-corrected chi connectivity index (χ3v) is 9.44. The number of hydrogen-bond acceptors (Lipinski definition) is 10. The molecule has 0 radical (unpaired) electrons. The number of hydrogen-bond donors (Lipinski definition) is 0. The van der Waals surface area contributed by atoms with Gasteiger partial charge in [-0.05, 0) is 55.2 Å². The topological polar surface area (TPSA) is 88.8 Å². The van der Waals surface area contributed by atoms with Gasteiger partial charge in [-0.3, -0.25) is 23.8 Å². The molecule has 4 aliphatic heterocycles. The van der Waals surface area contributed by atoms with Crippen LogP contribution in [0.5, 0.6) is 11.5 Å². The number of ether oxygens (including phenoxy) is 3. The van der Waals surface area contributed by atoms with E-state index in [1.165, 1.54) is 11.8 Å². The molecule has 1 atom stereocenters. The van der Waals surface area contributed by atoms with Crippen LogP contribution in [0.3, 0.4) is 0 Å². The molecule has 2 aromatic heterocycles. The molecule has 7 rings (SSSR count). The maximum atomic E-state index is 13.9. The number of anilines is 1. The van der Waals surface area contributed by atoms with Crippen LogP contribution in [0.2, 0.25) is 0 Å². The highest BCUT2D eigenvalue weighted by Crippen LogP contribution is 2.35. The predicted molar refractivity (Wildman–Crippen MR) is 165 cm³/mol. The third-order valence-electron chi connectivity index (χ3n) is 8.06. The summed E-state index contributed by atoms with van der Waals surface area (Å²) in [6.45, 7) is 7.12. The Morgan fingerprint density at radius 2 is 1.93 bits per heavy atom. The zero-order valence-corrected chi connectivity index (χ0v) is 24.9. The van der Waals surface area contributed by atoms with Gasteiger partial charge in [0.05, 0.1) is 23.1 Å². The number of carbonyl (C=O) groups excluding carboxylic acids is 1. The van der Waals surface area contributed by atoms with Gasteiger partial charge in [0.15, 0.2) is 11.5 Å². The van der Waals surface area contributed by atoms with E-state index in [-0.39, 0.29) is 24.4 Å². The van der Waals surface area contributed by atoms with Gasteiger partial charge in [-0.2, -0.15) is 0 Å². The number of benzene rings is 1. The first kappa shape index (κ1) is 27.4. The number of aryl methyl sites for hydroxylation is 1. The number of amides is 1. The first-order valence-electron chi connectivity index (χ1n) is 14.2. The van der Waals surface area contributed by atoms with E-state index in [2.05, 4.69) is 15.9 Å². The average molecular weight is 606 g/mol. The fourth-order valence-electron chi connectivity index (χ4n) is 5.81. The molecule has 12 heteroatoms. The molecular weight excluding hydrogens is 574 g/mol. The van der Waals surface area contributed by atoms with Crippen LogP contribution in [-0.4, -0.2) is 81.6 Å². The van der Waals surface area contributed by atoms with Crippen molar-refractivity contribution in [1.29, 1.82) is 0 Å². The molecule has 0 bridgehead atoms. The third kappa shape index (κ3) is 5.28. The van der Waals surface area contributed by atoms with Crippen molar-refractivity contribution in [2.24, 2.45) is 0 Å². The Labute approximate surface area is 252 Å². The average Bonchev–Trinajstić information content (AvgIpc) is 3.74. The minimum Gasteiger partial charge on any atom is -0.454 e. The van der Waals surface area contributed by atoms with Gasteiger partial charge in [0.1, 0.15) is 15.8 Å². The van der Waals surface area contributed by atoms with E-state index in [1.807, 2.05) is 31.2 Å². The molecule has 0 spiro atoms. The van der Waals surface area contributed by atoms with Crippen molar-refractivity contribution in [1.82, 2.24) is 19.2 Å². The molecule has 0 aliphatic carbocycles. The lowest BCUT2D eigenvalue weighted by molar-refractivity contribution is -0.123. The van der Waals surface area contributed by atoms with E-state index in [9.17, 15) is 9.59 Å². The summed E-state index contributed by atoms with van der Waals surface area (Å²) in [7, 11) is 0. The number of thiocarbonyl (C=S) groups is 1. The van der Waals surface area contributed by atoms with E-state index < -0.39 is 0 Å². The summed E-state index contributed by atoms with van der Waals surface area (Å²) in [4.78, 5) is 38.9. The quantitative estimate of drug-likeness (QED) is 0.308. The summed E-state index contributed by atoms with van der Waals surface area (Å²) in [6.07, 6.45) is 5.37. The Morgan fingerprint density at radius 1 is 1.10 bits per heavy atom. The lowest BCUT2D eigenvalue weighted by atomic mass is 10.1. The minimum atomic E-state index is -0.203. The van der Waals surface area contributed by atoms with E-state index in [0.29, 0.717) is 52.5 Å². The van der Waals surface area contributed by atoms with Crippen molar-refractivity contribution in [3.8, 4) is 11.5 Å². The lowest BCUT2D eigenvalue weighted by Gasteiger charge is -2.36. The largest absolute Gasteiger partial charge is 0.454 e. The summed E-state index contributed by atoms with van der Waals surface area (Å²) >= 11 is 6.80. The highest BCUT2D eigenvalue weighted by Gasteiger charge is 2.35. The van der Waals surface area contributed by atoms with E-state index in [1.54, 1.807) is 21.6 Å². The van der Waals surface area contributed by atoms with Crippen LogP contribution in [0.25, 0.3) is 11.7 Å². The number of nitrogens with zero attached hydrogens (tertiary/aromatic N) is 5. The number of carbonyl (C=O) groups is 1. The van der Waals surface area contributed by atoms with Crippen LogP contribution in [0.15, 0.2) is 46.2 Å². The molecule has 6 heterocycles. The Bertz CT molecular complexity index is 1660. The van der Waals surface area contributed by atoms with Crippen LogP contribution in [0.4, 0.5) is 5.82 Å². The van der Waals surface area contributed by atoms with Gasteiger partial charge in [0, 0.05) is 45.5 Å². The van der Waals surface area contributed by atoms with Crippen LogP contribution in [0, 0.1) is 6.92 Å². The van der Waals surface area contributed by atoms with Gasteiger partial charge >= 0.3 is 0 Å². The highest BCUT2D eigenvalue weighted by atomic mass is 32.2. The maximum absolute atomic E-state index is 13.9. The lowest BCUT2D eigenvalue weighted by Crippen LogP contribution is -2.47. The molecule has 4 aliphatic rings. The van der Waals surface area contributed by atoms with Crippen molar-refractivity contribution in [3.63, 3.8) is 0 Å². The molecule has 3 fully saturated rings. The second kappa shape index (κ2) is 11.3. The second-order valence-corrected chi connectivity index (χ2v) is 12.6. The van der Waals surface area contributed by atoms with Gasteiger partial charge in [-0.15, -0.1) is 0 Å². The number of piperazine rings is 1. The molecule has 1 aromatic carbocycles. The van der Waals surface area contributed by atoms with Crippen LogP contribution in [0.1, 0.15) is 29.5 Å². The number of pyridine rings is 1. The molecule has 218 valence electrons. The molecule has 3 aromatic rings. The monoisotopic (exact) mass is 605 g/mol. The van der Waals surface area contributed by atoms with Gasteiger partial charge < -0.3 is 19.1 Å². The summed E-state index contributed by atoms with van der Waals surface area (Å²) in [6, 6.07) is 9.87. The standard InChI is InChI=1S/C30H31N5O5S2/c1-19-4-7-26-31-27(33-10-8-32(9-11-33)16-20-5-6-23-24(13-20)40-18-39-23)22(28(36)34(26)15-19)14-25-29(37)35(30(41)42-25)17-21-3-2-12-38-21/h4-7,13-15,21H,2-3,8-12,16-18H2,1H3/b25-14-/t21-/m0/s1. The SMILES string of the molecule is Cc1ccc2nc(N3CCN(Cc4ccc5c(c4)OCO5)CC3)c(/C=C3\SC(=S)N(C[C@@H]4CCCO4)C3=O)c(=O)n2c1. The Kier molecular flexibility index (Phi) is 7.39. The van der Waals surface area contributed by atoms with Crippen molar-refractivity contribution < 1.29 is 19.0 Å². The number of aromatic nitrogens is 2. The Morgan fingerprint density at radius 3 is 2.74 bits per heavy atom. The first-order chi connectivity index (χ1) is 20.4. The fourth-order valence-corrected chi connectivity index (χ4v) is 7.07. The van der Waals surface area contributed by atoms with Crippen molar-refractivity contribution in [2.75, 3.05) is 51.0 Å². The molecule has 0 saturated carbocycles. The molecule has 1 amide bonds. The van der Waals surface area contributed by atoms with Crippen molar-refractivity contribution in [2.45, 2.75) is 32.4 Å². The number of thioether (sulfide) groups is 1. The first-order valence-corrected chi connectivity index (χ1v) is 15.4. The van der Waals surface area contributed by atoms with E-state index in [4.69, 9.17) is 31.4 Å². The maximum Gasteiger partial charge on any atom is 0.267 e. The van der Waals surface area contributed by atoms with E-state index >= 15 is 0 Å². The summed E-state index contributed by atoms with van der Waals surface area (Å²) in [5.74, 6) is 1.97. The van der Waals surface area contributed by atoms with Crippen LogP contribution < -0.4 is 19.9 Å². The second-order valence-electron chi connectivity index (χ2n) is 11.0. The zero-order valence-electron chi connectivity index (χ0n) is 23.3. The molecule has 0 N–H and O–H groups in total. The Balaban J connectivity index is 1.16. The van der Waals surface area contributed by atoms with E-state index in [0.717, 1.165) is 55.1 Å². The van der Waals surface area contributed by atoms with Gasteiger partial charge in [0.2, 0.25) is 6.79 Å². The van der Waals surface area contributed by atoms with Gasteiger partial charge in [-0.1, -0.05) is 36.1 Å². The summed E-state index contributed by atoms with van der Waals surface area (Å²) in [5.41, 5.74) is 2.89. The molecule has 42 heavy (non-hydrogen) atoms. The molecular formula is C30H31N5O5S2. The minimum absolute atomic E-state index is 0.00712. The summed E-state index contributed by atoms with van der Waals surface area (Å²) < 4.78 is 18.8.